The molecule has 0 saturated carbocycles. The third-order valence-electron chi connectivity index (χ3n) is 1.23. The summed E-state index contributed by atoms with van der Waals surface area (Å²) in [6.45, 7) is 2.84. The third kappa shape index (κ3) is 24.6. The first-order chi connectivity index (χ1) is 3.95. The molecule has 88 valence electrons. The second-order valence-corrected chi connectivity index (χ2v) is 3.53. The average Bonchev–Trinajstić information content (AvgIpc) is 1.62. The molecule has 0 aromatic rings. The Morgan fingerprint density at radius 1 is 1.15 bits per heavy atom. The Morgan fingerprint density at radius 2 is 1.46 bits per heavy atom. The Balaban J connectivity index is -0.0000000533. The van der Waals surface area contributed by atoms with E-state index < -0.39 is 0 Å². The van der Waals surface area contributed by atoms with Crippen LogP contribution < -0.4 is 12.4 Å². The van der Waals surface area contributed by atoms with Crippen molar-refractivity contribution in [3.63, 3.8) is 0 Å². The highest BCUT2D eigenvalue weighted by molar-refractivity contribution is 14.0. The van der Waals surface area contributed by atoms with Crippen LogP contribution in [0.2, 0.25) is 0 Å². The molecule has 2 nitrogen and oxygen atoms in total. The van der Waals surface area contributed by atoms with Crippen molar-refractivity contribution in [1.29, 1.82) is 0 Å². The molecule has 0 aliphatic carbocycles. The molecule has 1 unspecified atom stereocenters. The van der Waals surface area contributed by atoms with Gasteiger partial charge in [0.1, 0.15) is 12.6 Å². The first kappa shape index (κ1) is 29.2. The summed E-state index contributed by atoms with van der Waals surface area (Å²) < 4.78 is 0.842. The Hall–Kier alpha value is 0.940. The number of nitrogens with zero attached hydrogens (tertiary/aromatic N) is 1. The predicted molar refractivity (Wildman–Crippen MR) is 68.1 cm³/mol. The van der Waals surface area contributed by atoms with Gasteiger partial charge in [0.15, 0.2) is 0 Å². The van der Waals surface area contributed by atoms with Gasteiger partial charge >= 0.3 is 0 Å². The largest absolute Gasteiger partial charge is 1.00 e. The number of rotatable bonds is 3. The molecule has 0 bridgehead atoms. The summed E-state index contributed by atoms with van der Waals surface area (Å²) in [6.07, 6.45) is 0.722. The number of quaternary nitrogens is 1. The zero-order chi connectivity index (χ0) is 7.49. The van der Waals surface area contributed by atoms with E-state index in [-0.39, 0.29) is 57.3 Å². The highest BCUT2D eigenvalue weighted by Gasteiger charge is 2.12. The monoisotopic (exact) mass is 327 g/mol. The standard InChI is InChI=1S/C7H18NO.2CH4.ClH.HI/c1-5-7(9)6-8(2,3)4;;;;/h7,9H,5-6H2,1-4H3;2*1H4;2*1H/q+1;;;;/p-1. The van der Waals surface area contributed by atoms with E-state index in [1.165, 1.54) is 0 Å². The fraction of sp³-hybridized carbons (Fsp3) is 1.00. The molecular weight excluding hydrogens is 300 g/mol. The van der Waals surface area contributed by atoms with Crippen LogP contribution in [0.1, 0.15) is 28.2 Å². The lowest BCUT2D eigenvalue weighted by Gasteiger charge is -2.26. The maximum Gasteiger partial charge on any atom is 0.104 e. The van der Waals surface area contributed by atoms with Gasteiger partial charge in [-0.15, -0.1) is 24.0 Å². The molecular formula is C9H27ClINO. The maximum absolute atomic E-state index is 9.18. The van der Waals surface area contributed by atoms with E-state index in [9.17, 15) is 5.11 Å². The van der Waals surface area contributed by atoms with Crippen molar-refractivity contribution in [3.05, 3.63) is 0 Å². The molecule has 0 aromatic heterocycles. The minimum Gasteiger partial charge on any atom is -1.00 e. The van der Waals surface area contributed by atoms with E-state index >= 15 is 0 Å². The van der Waals surface area contributed by atoms with E-state index in [4.69, 9.17) is 0 Å². The molecule has 1 N–H and O–H groups in total. The summed E-state index contributed by atoms with van der Waals surface area (Å²) >= 11 is 0. The third-order valence-corrected chi connectivity index (χ3v) is 1.23. The van der Waals surface area contributed by atoms with Crippen molar-refractivity contribution >= 4 is 24.0 Å². The van der Waals surface area contributed by atoms with E-state index in [2.05, 4.69) is 21.1 Å². The van der Waals surface area contributed by atoms with Gasteiger partial charge in [0.25, 0.3) is 0 Å². The number of likely N-dealkylation sites (N-methyl/N-ethyl adjacent to an activating group) is 1. The molecule has 0 radical (unpaired) electrons. The first-order valence-corrected chi connectivity index (χ1v) is 3.44. The number of hydrogen-bond acceptors (Lipinski definition) is 1. The van der Waals surface area contributed by atoms with Gasteiger partial charge in [-0.05, 0) is 6.42 Å². The van der Waals surface area contributed by atoms with E-state index in [1.807, 2.05) is 6.92 Å². The summed E-state index contributed by atoms with van der Waals surface area (Å²) in [7, 11) is 6.25. The van der Waals surface area contributed by atoms with E-state index in [0.717, 1.165) is 17.4 Å². The number of hydrogen-bond donors (Lipinski definition) is 1. The summed E-state index contributed by atoms with van der Waals surface area (Å²) in [5, 5.41) is 9.18. The average molecular weight is 328 g/mol. The molecule has 0 amide bonds. The van der Waals surface area contributed by atoms with Crippen molar-refractivity contribution in [2.24, 2.45) is 0 Å². The topological polar surface area (TPSA) is 20.2 Å². The van der Waals surface area contributed by atoms with Gasteiger partial charge in [-0.25, -0.2) is 0 Å². The van der Waals surface area contributed by atoms with Gasteiger partial charge in [0.05, 0.1) is 21.1 Å². The fourth-order valence-corrected chi connectivity index (χ4v) is 0.761. The smallest absolute Gasteiger partial charge is 0.104 e. The van der Waals surface area contributed by atoms with Crippen molar-refractivity contribution in [2.45, 2.75) is 34.3 Å². The van der Waals surface area contributed by atoms with Crippen LogP contribution in [0.3, 0.4) is 0 Å². The second-order valence-electron chi connectivity index (χ2n) is 3.53. The van der Waals surface area contributed by atoms with E-state index in [0.29, 0.717) is 0 Å². The molecule has 13 heavy (non-hydrogen) atoms. The van der Waals surface area contributed by atoms with Crippen LogP contribution in [0.5, 0.6) is 0 Å². The minimum atomic E-state index is -0.134. The Bertz CT molecular complexity index is 86.2. The lowest BCUT2D eigenvalue weighted by atomic mass is 10.2. The van der Waals surface area contributed by atoms with Crippen molar-refractivity contribution in [3.8, 4) is 0 Å². The quantitative estimate of drug-likeness (QED) is 0.540. The van der Waals surface area contributed by atoms with Crippen LogP contribution in [0.4, 0.5) is 0 Å². The fourth-order valence-electron chi connectivity index (χ4n) is 0.761. The van der Waals surface area contributed by atoms with Crippen LogP contribution in [0, 0.1) is 0 Å². The lowest BCUT2D eigenvalue weighted by molar-refractivity contribution is -0.873. The summed E-state index contributed by atoms with van der Waals surface area (Å²) in [4.78, 5) is 0. The lowest BCUT2D eigenvalue weighted by Crippen LogP contribution is -3.00. The molecule has 4 heteroatoms. The van der Waals surface area contributed by atoms with Gasteiger partial charge in [0, 0.05) is 0 Å². The number of halogens is 2. The van der Waals surface area contributed by atoms with Gasteiger partial charge < -0.3 is 22.0 Å². The highest BCUT2D eigenvalue weighted by atomic mass is 127. The first-order valence-electron chi connectivity index (χ1n) is 3.44. The Labute approximate surface area is 108 Å². The van der Waals surface area contributed by atoms with Gasteiger partial charge in [0.2, 0.25) is 0 Å². The number of aliphatic hydroxyl groups is 1. The van der Waals surface area contributed by atoms with Crippen molar-refractivity contribution < 1.29 is 22.0 Å². The summed E-state index contributed by atoms with van der Waals surface area (Å²) in [5.41, 5.74) is 0. The molecule has 0 spiro atoms. The SMILES string of the molecule is C.C.CCC(O)C[N+](C)(C)C.I.[Cl-]. The van der Waals surface area contributed by atoms with Gasteiger partial charge in [-0.2, -0.15) is 0 Å². The predicted octanol–water partition coefficient (Wildman–Crippen LogP) is -0.642. The summed E-state index contributed by atoms with van der Waals surface area (Å²) in [6, 6.07) is 0. The second kappa shape index (κ2) is 12.9. The molecule has 0 heterocycles. The van der Waals surface area contributed by atoms with Crippen molar-refractivity contribution in [1.82, 2.24) is 0 Å². The zero-order valence-corrected chi connectivity index (χ0v) is 10.8. The molecule has 0 aromatic carbocycles. The number of aliphatic hydroxyl groups excluding tert-OH is 1. The minimum absolute atomic E-state index is 0. The zero-order valence-electron chi connectivity index (χ0n) is 7.67. The van der Waals surface area contributed by atoms with Crippen molar-refractivity contribution in [2.75, 3.05) is 27.7 Å². The van der Waals surface area contributed by atoms with E-state index in [1.54, 1.807) is 0 Å². The molecule has 1 atom stereocenters. The van der Waals surface area contributed by atoms with Gasteiger partial charge in [-0.1, -0.05) is 21.8 Å². The highest BCUT2D eigenvalue weighted by Crippen LogP contribution is 1.97. The Morgan fingerprint density at radius 3 is 1.54 bits per heavy atom. The molecule has 0 aliphatic heterocycles. The molecule has 0 saturated heterocycles. The van der Waals surface area contributed by atoms with Crippen LogP contribution >= 0.6 is 24.0 Å². The van der Waals surface area contributed by atoms with Gasteiger partial charge in [-0.3, -0.25) is 0 Å². The van der Waals surface area contributed by atoms with Crippen LogP contribution in [-0.4, -0.2) is 43.4 Å². The molecule has 0 rings (SSSR count). The molecule has 0 aliphatic rings. The Kier molecular flexibility index (Phi) is 29.1. The van der Waals surface area contributed by atoms with Crippen LogP contribution in [0.15, 0.2) is 0 Å². The summed E-state index contributed by atoms with van der Waals surface area (Å²) in [5.74, 6) is 0. The maximum atomic E-state index is 9.18. The van der Waals surface area contributed by atoms with Crippen LogP contribution in [-0.2, 0) is 0 Å². The normalized spacial score (nSPS) is 10.8. The molecule has 0 fully saturated rings. The van der Waals surface area contributed by atoms with Crippen LogP contribution in [0.25, 0.3) is 0 Å².